The van der Waals surface area contributed by atoms with Gasteiger partial charge < -0.3 is 14.6 Å². The Hall–Kier alpha value is -2.14. The number of methoxy groups -OCH3 is 1. The molecule has 1 aliphatic carbocycles. The minimum absolute atomic E-state index is 0.0411. The molecular formula is C16H16O5. The summed E-state index contributed by atoms with van der Waals surface area (Å²) in [5, 5.41) is 10.5. The minimum Gasteiger partial charge on any atom is -0.507 e. The number of benzene rings is 1. The monoisotopic (exact) mass is 288 g/mol. The highest BCUT2D eigenvalue weighted by Crippen LogP contribution is 2.41. The van der Waals surface area contributed by atoms with Crippen molar-refractivity contribution in [1.82, 2.24) is 0 Å². The number of phenols is 1. The molecule has 0 spiro atoms. The van der Waals surface area contributed by atoms with E-state index < -0.39 is 5.78 Å². The minimum atomic E-state index is -0.459. The number of hydrogen-bond donors (Lipinski definition) is 1. The van der Waals surface area contributed by atoms with Gasteiger partial charge in [0.25, 0.3) is 0 Å². The number of carbonyl (C=O) groups is 2. The Bertz CT molecular complexity index is 686. The normalized spacial score (nSPS) is 24.2. The van der Waals surface area contributed by atoms with Gasteiger partial charge in [-0.1, -0.05) is 0 Å². The van der Waals surface area contributed by atoms with E-state index in [-0.39, 0.29) is 40.6 Å². The molecule has 0 aromatic heterocycles. The first-order valence-electron chi connectivity index (χ1n) is 6.83. The lowest BCUT2D eigenvalue weighted by atomic mass is 9.84. The number of rotatable bonds is 1. The Morgan fingerprint density at radius 1 is 1.33 bits per heavy atom. The van der Waals surface area contributed by atoms with E-state index in [4.69, 9.17) is 9.47 Å². The predicted molar refractivity (Wildman–Crippen MR) is 74.5 cm³/mol. The number of hydrogen-bond acceptors (Lipinski definition) is 5. The van der Waals surface area contributed by atoms with E-state index in [9.17, 15) is 14.7 Å². The molecule has 2 atom stereocenters. The molecule has 1 N–H and O–H groups in total. The molecule has 0 saturated heterocycles. The van der Waals surface area contributed by atoms with E-state index in [1.165, 1.54) is 7.11 Å². The number of fused-ring (bicyclic) bond motifs is 2. The number of ether oxygens (including phenoxy) is 2. The summed E-state index contributed by atoms with van der Waals surface area (Å²) in [7, 11) is 1.33. The van der Waals surface area contributed by atoms with Crippen molar-refractivity contribution in [2.75, 3.05) is 7.11 Å². The summed E-state index contributed by atoms with van der Waals surface area (Å²) < 4.78 is 10.6. The van der Waals surface area contributed by atoms with Crippen LogP contribution in [0, 0.1) is 0 Å². The molecule has 1 aliphatic heterocycles. The Morgan fingerprint density at radius 3 is 2.71 bits per heavy atom. The topological polar surface area (TPSA) is 72.8 Å². The number of ketones is 2. The smallest absolute Gasteiger partial charge is 0.232 e. The van der Waals surface area contributed by atoms with Gasteiger partial charge in [-0.15, -0.1) is 0 Å². The van der Waals surface area contributed by atoms with Crippen LogP contribution >= 0.6 is 0 Å². The molecule has 0 bridgehead atoms. The van der Waals surface area contributed by atoms with Crippen molar-refractivity contribution in [2.24, 2.45) is 0 Å². The Balaban J connectivity index is 2.25. The lowest BCUT2D eigenvalue weighted by Gasteiger charge is -2.30. The van der Waals surface area contributed by atoms with Gasteiger partial charge in [-0.2, -0.15) is 0 Å². The van der Waals surface area contributed by atoms with Gasteiger partial charge >= 0.3 is 0 Å². The van der Waals surface area contributed by atoms with Gasteiger partial charge in [0.15, 0.2) is 11.5 Å². The maximum atomic E-state index is 12.3. The van der Waals surface area contributed by atoms with E-state index in [0.29, 0.717) is 12.0 Å². The number of carbonyl (C=O) groups excluding carboxylic acids is 2. The second-order valence-electron chi connectivity index (χ2n) is 5.41. The molecular weight excluding hydrogens is 272 g/mol. The largest absolute Gasteiger partial charge is 0.507 e. The van der Waals surface area contributed by atoms with Crippen molar-refractivity contribution in [1.29, 1.82) is 0 Å². The molecule has 0 fully saturated rings. The molecule has 110 valence electrons. The molecule has 0 radical (unpaired) electrons. The van der Waals surface area contributed by atoms with Crippen LogP contribution < -0.4 is 0 Å². The highest BCUT2D eigenvalue weighted by atomic mass is 16.5. The van der Waals surface area contributed by atoms with Gasteiger partial charge in [0.05, 0.1) is 24.9 Å². The molecule has 0 amide bonds. The molecule has 2 aliphatic rings. The van der Waals surface area contributed by atoms with Crippen molar-refractivity contribution in [3.63, 3.8) is 0 Å². The Kier molecular flexibility index (Phi) is 3.10. The van der Waals surface area contributed by atoms with Gasteiger partial charge in [0, 0.05) is 23.6 Å². The summed E-state index contributed by atoms with van der Waals surface area (Å²) in [6, 6.07) is 1.66. The first kappa shape index (κ1) is 13.8. The first-order chi connectivity index (χ1) is 9.93. The van der Waals surface area contributed by atoms with Crippen molar-refractivity contribution >= 4 is 11.6 Å². The van der Waals surface area contributed by atoms with E-state index in [2.05, 4.69) is 0 Å². The number of aromatic hydroxyl groups is 1. The van der Waals surface area contributed by atoms with Crippen molar-refractivity contribution in [3.05, 3.63) is 40.2 Å². The van der Waals surface area contributed by atoms with E-state index in [1.54, 1.807) is 6.07 Å². The summed E-state index contributed by atoms with van der Waals surface area (Å²) >= 11 is 0. The fourth-order valence-corrected chi connectivity index (χ4v) is 3.03. The summed E-state index contributed by atoms with van der Waals surface area (Å²) in [5.74, 6) is -0.967. The zero-order valence-corrected chi connectivity index (χ0v) is 12.1. The van der Waals surface area contributed by atoms with Gasteiger partial charge in [-0.05, 0) is 25.5 Å². The van der Waals surface area contributed by atoms with Crippen LogP contribution in [0.5, 0.6) is 5.75 Å². The van der Waals surface area contributed by atoms with Crippen LogP contribution in [0.1, 0.15) is 51.8 Å². The quantitative estimate of drug-likeness (QED) is 0.858. The van der Waals surface area contributed by atoms with Crippen molar-refractivity contribution in [3.8, 4) is 5.75 Å². The second kappa shape index (κ2) is 4.70. The lowest BCUT2D eigenvalue weighted by Crippen LogP contribution is -2.26. The lowest BCUT2D eigenvalue weighted by molar-refractivity contribution is -0.00542. The standard InChI is InChI=1S/C16H16O5/c1-7-4-10-9(8(2)21-7)5-11-12(17)6-13(20-3)16(19)14(11)15(10)18/h5-8,18H,4H2,1-3H3. The van der Waals surface area contributed by atoms with Crippen LogP contribution in [0.2, 0.25) is 0 Å². The molecule has 2 unspecified atom stereocenters. The molecule has 3 rings (SSSR count). The Labute approximate surface area is 122 Å². The number of allylic oxidation sites excluding steroid dienone is 2. The molecule has 0 saturated carbocycles. The third-order valence-corrected chi connectivity index (χ3v) is 4.00. The fraction of sp³-hybridized carbons (Fsp3) is 0.375. The van der Waals surface area contributed by atoms with E-state index in [0.717, 1.165) is 11.6 Å². The van der Waals surface area contributed by atoms with Crippen LogP contribution in [0.25, 0.3) is 0 Å². The highest BCUT2D eigenvalue weighted by molar-refractivity contribution is 6.25. The van der Waals surface area contributed by atoms with Crippen LogP contribution in [-0.4, -0.2) is 29.9 Å². The molecule has 5 nitrogen and oxygen atoms in total. The molecule has 1 heterocycles. The third-order valence-electron chi connectivity index (χ3n) is 4.00. The van der Waals surface area contributed by atoms with Gasteiger partial charge in [-0.25, -0.2) is 0 Å². The fourth-order valence-electron chi connectivity index (χ4n) is 3.03. The predicted octanol–water partition coefficient (Wildman–Crippen LogP) is 2.32. The zero-order valence-electron chi connectivity index (χ0n) is 12.1. The van der Waals surface area contributed by atoms with E-state index >= 15 is 0 Å². The zero-order chi connectivity index (χ0) is 15.3. The average Bonchev–Trinajstić information content (AvgIpc) is 2.43. The van der Waals surface area contributed by atoms with Crippen LogP contribution in [0.3, 0.4) is 0 Å². The average molecular weight is 288 g/mol. The SMILES string of the molecule is COC1=CC(=O)c2cc3c(c(O)c2C1=O)CC(C)OC3C. The third kappa shape index (κ3) is 1.96. The van der Waals surface area contributed by atoms with Crippen molar-refractivity contribution < 1.29 is 24.2 Å². The van der Waals surface area contributed by atoms with Crippen LogP contribution in [0.15, 0.2) is 17.9 Å². The van der Waals surface area contributed by atoms with Gasteiger partial charge in [0.2, 0.25) is 5.78 Å². The summed E-state index contributed by atoms with van der Waals surface area (Å²) in [6.45, 7) is 3.78. The van der Waals surface area contributed by atoms with Crippen molar-refractivity contribution in [2.45, 2.75) is 32.5 Å². The summed E-state index contributed by atoms with van der Waals surface area (Å²) in [5.41, 5.74) is 1.69. The molecule has 1 aromatic carbocycles. The maximum Gasteiger partial charge on any atom is 0.232 e. The number of phenolic OH excluding ortho intramolecular Hbond substituents is 1. The maximum absolute atomic E-state index is 12.3. The molecule has 5 heteroatoms. The van der Waals surface area contributed by atoms with Gasteiger partial charge in [-0.3, -0.25) is 9.59 Å². The molecule has 21 heavy (non-hydrogen) atoms. The highest BCUT2D eigenvalue weighted by Gasteiger charge is 2.35. The van der Waals surface area contributed by atoms with Gasteiger partial charge in [0.1, 0.15) is 5.75 Å². The van der Waals surface area contributed by atoms with Crippen LogP contribution in [-0.2, 0) is 15.9 Å². The first-order valence-corrected chi connectivity index (χ1v) is 6.83. The number of Topliss-reactive ketones (excluding diaryl/α,β-unsaturated/α-hetero) is 1. The molecule has 1 aromatic rings. The van der Waals surface area contributed by atoms with E-state index in [1.807, 2.05) is 13.8 Å². The Morgan fingerprint density at radius 2 is 2.05 bits per heavy atom. The summed E-state index contributed by atoms with van der Waals surface area (Å²) in [4.78, 5) is 24.5. The summed E-state index contributed by atoms with van der Waals surface area (Å²) in [6.07, 6.45) is 1.39. The van der Waals surface area contributed by atoms with Crippen LogP contribution in [0.4, 0.5) is 0 Å². The second-order valence-corrected chi connectivity index (χ2v) is 5.41.